The Morgan fingerprint density at radius 3 is 3.12 bits per heavy atom. The van der Waals surface area contributed by atoms with E-state index in [1.807, 2.05) is 11.8 Å². The van der Waals surface area contributed by atoms with E-state index in [2.05, 4.69) is 5.92 Å². The first-order valence-corrected chi connectivity index (χ1v) is 6.07. The second kappa shape index (κ2) is 7.29. The van der Waals surface area contributed by atoms with Crippen molar-refractivity contribution in [2.24, 2.45) is 5.92 Å². The van der Waals surface area contributed by atoms with Crippen LogP contribution in [0, 0.1) is 18.3 Å². The molecule has 1 amide bonds. The number of terminal acetylenes is 1. The highest BCUT2D eigenvalue weighted by Gasteiger charge is 2.22. The molecule has 0 aliphatic carbocycles. The molecule has 1 aliphatic rings. The van der Waals surface area contributed by atoms with Crippen LogP contribution in [0.1, 0.15) is 32.6 Å². The number of nitrogens with zero attached hydrogens (tertiary/aromatic N) is 1. The van der Waals surface area contributed by atoms with Gasteiger partial charge in [-0.05, 0) is 25.2 Å². The van der Waals surface area contributed by atoms with Gasteiger partial charge in [-0.1, -0.05) is 12.8 Å². The van der Waals surface area contributed by atoms with Crippen molar-refractivity contribution in [2.75, 3.05) is 26.3 Å². The Hall–Kier alpha value is -1.01. The van der Waals surface area contributed by atoms with Gasteiger partial charge in [-0.15, -0.1) is 6.42 Å². The lowest BCUT2D eigenvalue weighted by Crippen LogP contribution is -2.41. The Kier molecular flexibility index (Phi) is 5.95. The summed E-state index contributed by atoms with van der Waals surface area (Å²) in [4.78, 5) is 13.7. The molecule has 0 radical (unpaired) electrons. The summed E-state index contributed by atoms with van der Waals surface area (Å²) in [6.45, 7) is 4.84. The van der Waals surface area contributed by atoms with Crippen molar-refractivity contribution in [3.8, 4) is 12.3 Å². The normalized spacial score (nSPS) is 20.5. The predicted molar refractivity (Wildman–Crippen MR) is 63.9 cm³/mol. The maximum absolute atomic E-state index is 11.7. The Morgan fingerprint density at radius 2 is 2.44 bits per heavy atom. The molecule has 0 aromatic rings. The van der Waals surface area contributed by atoms with Gasteiger partial charge in [-0.3, -0.25) is 4.79 Å². The fourth-order valence-corrected chi connectivity index (χ4v) is 2.08. The second-order valence-corrected chi connectivity index (χ2v) is 4.32. The van der Waals surface area contributed by atoms with E-state index in [1.165, 1.54) is 0 Å². The zero-order valence-electron chi connectivity index (χ0n) is 10.1. The van der Waals surface area contributed by atoms with E-state index in [0.717, 1.165) is 32.4 Å². The topological polar surface area (TPSA) is 29.5 Å². The van der Waals surface area contributed by atoms with Crippen molar-refractivity contribution in [3.05, 3.63) is 0 Å². The highest BCUT2D eigenvalue weighted by atomic mass is 16.5. The molecule has 1 atom stereocenters. The largest absolute Gasteiger partial charge is 0.368 e. The molecule has 1 saturated heterocycles. The third kappa shape index (κ3) is 4.24. The van der Waals surface area contributed by atoms with Crippen LogP contribution in [-0.4, -0.2) is 37.1 Å². The first-order chi connectivity index (χ1) is 7.77. The van der Waals surface area contributed by atoms with Crippen LogP contribution < -0.4 is 0 Å². The zero-order chi connectivity index (χ0) is 11.8. The van der Waals surface area contributed by atoms with Gasteiger partial charge in [0.15, 0.2) is 0 Å². The van der Waals surface area contributed by atoms with E-state index in [4.69, 9.17) is 11.2 Å². The Labute approximate surface area is 98.1 Å². The first kappa shape index (κ1) is 13.1. The summed E-state index contributed by atoms with van der Waals surface area (Å²) in [7, 11) is 0. The lowest BCUT2D eigenvalue weighted by Gasteiger charge is -2.32. The smallest absolute Gasteiger partial charge is 0.222 e. The summed E-state index contributed by atoms with van der Waals surface area (Å²) >= 11 is 0. The minimum Gasteiger partial charge on any atom is -0.368 e. The summed E-state index contributed by atoms with van der Waals surface area (Å²) < 4.78 is 5.34. The molecule has 0 aromatic heterocycles. The molecule has 0 N–H and O–H groups in total. The van der Waals surface area contributed by atoms with Gasteiger partial charge in [0, 0.05) is 19.5 Å². The maximum atomic E-state index is 11.7. The van der Waals surface area contributed by atoms with Crippen LogP contribution >= 0.6 is 0 Å². The minimum atomic E-state index is 0.282. The third-order valence-electron chi connectivity index (χ3n) is 2.87. The lowest BCUT2D eigenvalue weighted by atomic mass is 9.98. The monoisotopic (exact) mass is 223 g/mol. The third-order valence-corrected chi connectivity index (χ3v) is 2.87. The summed E-state index contributed by atoms with van der Waals surface area (Å²) in [6, 6.07) is 0. The van der Waals surface area contributed by atoms with Crippen molar-refractivity contribution >= 4 is 5.91 Å². The SMILES string of the molecule is C#CCOCC1CCCN(C(=O)CCC)C1. The molecular formula is C13H21NO2. The average molecular weight is 223 g/mol. The van der Waals surface area contributed by atoms with Crippen LogP contribution in [0.5, 0.6) is 0 Å². The molecular weight excluding hydrogens is 202 g/mol. The molecule has 0 bridgehead atoms. The number of rotatable bonds is 5. The van der Waals surface area contributed by atoms with Gasteiger partial charge in [0.1, 0.15) is 6.61 Å². The van der Waals surface area contributed by atoms with Crippen molar-refractivity contribution in [2.45, 2.75) is 32.6 Å². The fraction of sp³-hybridized carbons (Fsp3) is 0.769. The lowest BCUT2D eigenvalue weighted by molar-refractivity contribution is -0.133. The molecule has 1 unspecified atom stereocenters. The average Bonchev–Trinajstić information content (AvgIpc) is 2.30. The first-order valence-electron chi connectivity index (χ1n) is 6.07. The number of hydrogen-bond donors (Lipinski definition) is 0. The standard InChI is InChI=1S/C13H21NO2/c1-3-6-13(15)14-8-5-7-12(10-14)11-16-9-4-2/h2,12H,3,5-11H2,1H3. The highest BCUT2D eigenvalue weighted by molar-refractivity contribution is 5.76. The summed E-state index contributed by atoms with van der Waals surface area (Å²) in [5.74, 6) is 3.20. The summed E-state index contributed by atoms with van der Waals surface area (Å²) in [5.41, 5.74) is 0. The Bertz CT molecular complexity index is 257. The van der Waals surface area contributed by atoms with Crippen LogP contribution in [0.4, 0.5) is 0 Å². The van der Waals surface area contributed by atoms with Crippen LogP contribution in [-0.2, 0) is 9.53 Å². The number of likely N-dealkylation sites (tertiary alicyclic amines) is 1. The predicted octanol–water partition coefficient (Wildman–Crippen LogP) is 1.67. The Balaban J connectivity index is 2.29. The van der Waals surface area contributed by atoms with E-state index >= 15 is 0 Å². The van der Waals surface area contributed by atoms with Crippen LogP contribution in [0.3, 0.4) is 0 Å². The molecule has 0 spiro atoms. The number of amides is 1. The number of piperidine rings is 1. The van der Waals surface area contributed by atoms with Crippen LogP contribution in [0.2, 0.25) is 0 Å². The van der Waals surface area contributed by atoms with Crippen molar-refractivity contribution < 1.29 is 9.53 Å². The van der Waals surface area contributed by atoms with Gasteiger partial charge in [0.2, 0.25) is 5.91 Å². The van der Waals surface area contributed by atoms with Crippen LogP contribution in [0.25, 0.3) is 0 Å². The van der Waals surface area contributed by atoms with E-state index < -0.39 is 0 Å². The van der Waals surface area contributed by atoms with Crippen molar-refractivity contribution in [3.63, 3.8) is 0 Å². The van der Waals surface area contributed by atoms with Crippen molar-refractivity contribution in [1.82, 2.24) is 4.90 Å². The molecule has 0 saturated carbocycles. The summed E-state index contributed by atoms with van der Waals surface area (Å²) in [6.07, 6.45) is 8.93. The van der Waals surface area contributed by atoms with Gasteiger partial charge in [0.25, 0.3) is 0 Å². The van der Waals surface area contributed by atoms with E-state index in [-0.39, 0.29) is 5.91 Å². The molecule has 3 heteroatoms. The number of carbonyl (C=O) groups excluding carboxylic acids is 1. The van der Waals surface area contributed by atoms with Gasteiger partial charge in [-0.25, -0.2) is 0 Å². The molecule has 1 heterocycles. The zero-order valence-corrected chi connectivity index (χ0v) is 10.1. The van der Waals surface area contributed by atoms with Crippen molar-refractivity contribution in [1.29, 1.82) is 0 Å². The molecule has 1 rings (SSSR count). The highest BCUT2D eigenvalue weighted by Crippen LogP contribution is 2.17. The van der Waals surface area contributed by atoms with Gasteiger partial charge in [0.05, 0.1) is 6.61 Å². The molecule has 1 fully saturated rings. The van der Waals surface area contributed by atoms with E-state index in [0.29, 0.717) is 25.6 Å². The quantitative estimate of drug-likeness (QED) is 0.524. The van der Waals surface area contributed by atoms with Gasteiger partial charge in [-0.2, -0.15) is 0 Å². The molecule has 0 aromatic carbocycles. The minimum absolute atomic E-state index is 0.282. The number of ether oxygens (including phenoxy) is 1. The number of carbonyl (C=O) groups is 1. The fourth-order valence-electron chi connectivity index (χ4n) is 2.08. The molecule has 3 nitrogen and oxygen atoms in total. The second-order valence-electron chi connectivity index (χ2n) is 4.32. The number of hydrogen-bond acceptors (Lipinski definition) is 2. The van der Waals surface area contributed by atoms with Crippen LogP contribution in [0.15, 0.2) is 0 Å². The van der Waals surface area contributed by atoms with Gasteiger partial charge < -0.3 is 9.64 Å². The van der Waals surface area contributed by atoms with E-state index in [9.17, 15) is 4.79 Å². The summed E-state index contributed by atoms with van der Waals surface area (Å²) in [5, 5.41) is 0. The Morgan fingerprint density at radius 1 is 1.62 bits per heavy atom. The van der Waals surface area contributed by atoms with Gasteiger partial charge >= 0.3 is 0 Å². The molecule has 90 valence electrons. The maximum Gasteiger partial charge on any atom is 0.222 e. The molecule has 16 heavy (non-hydrogen) atoms. The van der Waals surface area contributed by atoms with E-state index in [1.54, 1.807) is 0 Å². The molecule has 1 aliphatic heterocycles.